The van der Waals surface area contributed by atoms with Crippen molar-refractivity contribution in [3.63, 3.8) is 0 Å². The van der Waals surface area contributed by atoms with Gasteiger partial charge in [0.2, 0.25) is 0 Å². The number of hydrogen-bond donors (Lipinski definition) is 0. The second kappa shape index (κ2) is 3.28. The van der Waals surface area contributed by atoms with Crippen molar-refractivity contribution >= 4 is 17.4 Å². The smallest absolute Gasteiger partial charge is 0.160 e. The lowest BCUT2D eigenvalue weighted by Gasteiger charge is -2.04. The number of fused-ring (bicyclic) bond motifs is 1. The van der Waals surface area contributed by atoms with Crippen LogP contribution in [0.4, 0.5) is 0 Å². The molecule has 14 heavy (non-hydrogen) atoms. The fraction of sp³-hybridized carbons (Fsp3) is 0.400. The molecule has 0 N–H and O–H groups in total. The summed E-state index contributed by atoms with van der Waals surface area (Å²) in [6.07, 6.45) is 3.29. The lowest BCUT2D eigenvalue weighted by molar-refractivity contribution is 0.705. The van der Waals surface area contributed by atoms with Crippen molar-refractivity contribution in [1.29, 1.82) is 0 Å². The number of hydrogen-bond acceptors (Lipinski definition) is 3. The lowest BCUT2D eigenvalue weighted by atomic mass is 10.1. The Hall–Kier alpha value is -1.03. The molecule has 4 heteroatoms. The van der Waals surface area contributed by atoms with Crippen molar-refractivity contribution in [3.05, 3.63) is 30.2 Å². The Morgan fingerprint density at radius 3 is 3.21 bits per heavy atom. The molecule has 0 aromatic carbocycles. The van der Waals surface area contributed by atoms with Gasteiger partial charge in [-0.25, -0.2) is 0 Å². The summed E-state index contributed by atoms with van der Waals surface area (Å²) in [5, 5.41) is 8.44. The van der Waals surface area contributed by atoms with Crippen molar-refractivity contribution in [2.75, 3.05) is 11.5 Å². The van der Waals surface area contributed by atoms with Gasteiger partial charge in [0.25, 0.3) is 0 Å². The van der Waals surface area contributed by atoms with Crippen LogP contribution in [0.1, 0.15) is 18.2 Å². The molecule has 1 unspecified atom stereocenters. The first kappa shape index (κ1) is 8.29. The number of rotatable bonds is 1. The van der Waals surface area contributed by atoms with E-state index in [4.69, 9.17) is 0 Å². The maximum absolute atomic E-state index is 4.28. The lowest BCUT2D eigenvalue weighted by Crippen LogP contribution is -2.02. The molecule has 0 radical (unpaired) electrons. The maximum atomic E-state index is 4.28. The predicted molar refractivity (Wildman–Crippen MR) is 57.7 cm³/mol. The standard InChI is InChI=1S/C10H11N3S/c1-2-5-13-9(3-1)11-12-10(13)8-4-6-14-7-8/h1-3,5,8H,4,6-7H2. The minimum atomic E-state index is 0.595. The first-order valence-electron chi connectivity index (χ1n) is 4.82. The average molecular weight is 205 g/mol. The Labute approximate surface area is 86.5 Å². The Balaban J connectivity index is 2.11. The van der Waals surface area contributed by atoms with Gasteiger partial charge in [-0.1, -0.05) is 6.07 Å². The summed E-state index contributed by atoms with van der Waals surface area (Å²) in [5.41, 5.74) is 0.958. The van der Waals surface area contributed by atoms with E-state index in [1.54, 1.807) is 0 Å². The monoisotopic (exact) mass is 205 g/mol. The summed E-state index contributed by atoms with van der Waals surface area (Å²) in [5.74, 6) is 4.17. The van der Waals surface area contributed by atoms with Gasteiger partial charge in [0.15, 0.2) is 5.65 Å². The molecule has 0 bridgehead atoms. The molecule has 3 rings (SSSR count). The van der Waals surface area contributed by atoms with Gasteiger partial charge in [-0.3, -0.25) is 4.40 Å². The Bertz CT molecular complexity index is 445. The van der Waals surface area contributed by atoms with Gasteiger partial charge in [0.1, 0.15) is 5.82 Å². The maximum Gasteiger partial charge on any atom is 0.160 e. The van der Waals surface area contributed by atoms with Crippen molar-refractivity contribution < 1.29 is 0 Å². The number of nitrogens with zero attached hydrogens (tertiary/aromatic N) is 3. The molecule has 1 saturated heterocycles. The van der Waals surface area contributed by atoms with Crippen LogP contribution in [0, 0.1) is 0 Å². The highest BCUT2D eigenvalue weighted by atomic mass is 32.2. The van der Waals surface area contributed by atoms with E-state index in [9.17, 15) is 0 Å². The zero-order valence-corrected chi connectivity index (χ0v) is 8.57. The number of thioether (sulfide) groups is 1. The van der Waals surface area contributed by atoms with Crippen LogP contribution < -0.4 is 0 Å². The second-order valence-electron chi connectivity index (χ2n) is 3.55. The summed E-state index contributed by atoms with van der Waals surface area (Å²) >= 11 is 2.01. The third-order valence-corrected chi connectivity index (χ3v) is 3.80. The second-order valence-corrected chi connectivity index (χ2v) is 4.70. The fourth-order valence-corrected chi connectivity index (χ4v) is 3.09. The van der Waals surface area contributed by atoms with E-state index in [-0.39, 0.29) is 0 Å². The van der Waals surface area contributed by atoms with Crippen LogP contribution in [-0.2, 0) is 0 Å². The minimum absolute atomic E-state index is 0.595. The van der Waals surface area contributed by atoms with Crippen molar-refractivity contribution in [2.24, 2.45) is 0 Å². The SMILES string of the molecule is c1ccn2c(C3CCSC3)nnc2c1. The van der Waals surface area contributed by atoms with Gasteiger partial charge in [-0.15, -0.1) is 10.2 Å². The predicted octanol–water partition coefficient (Wildman–Crippen LogP) is 1.95. The van der Waals surface area contributed by atoms with Crippen molar-refractivity contribution in [2.45, 2.75) is 12.3 Å². The molecule has 2 aromatic rings. The van der Waals surface area contributed by atoms with Gasteiger partial charge < -0.3 is 0 Å². The van der Waals surface area contributed by atoms with E-state index in [0.29, 0.717) is 5.92 Å². The molecule has 1 fully saturated rings. The van der Waals surface area contributed by atoms with E-state index in [1.165, 1.54) is 17.9 Å². The summed E-state index contributed by atoms with van der Waals surface area (Å²) in [4.78, 5) is 0. The fourth-order valence-electron chi connectivity index (χ4n) is 1.88. The van der Waals surface area contributed by atoms with Crippen LogP contribution in [0.25, 0.3) is 5.65 Å². The zero-order chi connectivity index (χ0) is 9.38. The number of aromatic nitrogens is 3. The van der Waals surface area contributed by atoms with Crippen LogP contribution in [0.3, 0.4) is 0 Å². The first-order chi connectivity index (χ1) is 6.95. The molecule has 0 aliphatic carbocycles. The molecule has 3 heterocycles. The zero-order valence-electron chi connectivity index (χ0n) is 7.76. The summed E-state index contributed by atoms with van der Waals surface area (Å²) in [6, 6.07) is 6.03. The summed E-state index contributed by atoms with van der Waals surface area (Å²) in [6.45, 7) is 0. The van der Waals surface area contributed by atoms with Crippen LogP contribution in [0.5, 0.6) is 0 Å². The van der Waals surface area contributed by atoms with Gasteiger partial charge >= 0.3 is 0 Å². The minimum Gasteiger partial charge on any atom is -0.286 e. The quantitative estimate of drug-likeness (QED) is 0.712. The molecule has 1 atom stereocenters. The highest BCUT2D eigenvalue weighted by molar-refractivity contribution is 7.99. The molecule has 72 valence electrons. The molecular formula is C10H11N3S. The van der Waals surface area contributed by atoms with E-state index < -0.39 is 0 Å². The molecule has 0 spiro atoms. The largest absolute Gasteiger partial charge is 0.286 e. The first-order valence-corrected chi connectivity index (χ1v) is 5.98. The van der Waals surface area contributed by atoms with Crippen LogP contribution in [-0.4, -0.2) is 26.1 Å². The Morgan fingerprint density at radius 1 is 1.36 bits per heavy atom. The van der Waals surface area contributed by atoms with Crippen LogP contribution in [0.2, 0.25) is 0 Å². The van der Waals surface area contributed by atoms with E-state index >= 15 is 0 Å². The van der Waals surface area contributed by atoms with Gasteiger partial charge in [0.05, 0.1) is 0 Å². The van der Waals surface area contributed by atoms with E-state index in [1.807, 2.05) is 36.2 Å². The third kappa shape index (κ3) is 1.21. The molecule has 0 amide bonds. The van der Waals surface area contributed by atoms with Gasteiger partial charge in [-0.2, -0.15) is 11.8 Å². The highest BCUT2D eigenvalue weighted by Crippen LogP contribution is 2.31. The molecule has 3 nitrogen and oxygen atoms in total. The van der Waals surface area contributed by atoms with E-state index in [2.05, 4.69) is 14.6 Å². The molecule has 1 aliphatic rings. The van der Waals surface area contributed by atoms with Gasteiger partial charge in [0, 0.05) is 17.9 Å². The molecule has 1 aliphatic heterocycles. The summed E-state index contributed by atoms with van der Waals surface area (Å²) in [7, 11) is 0. The van der Waals surface area contributed by atoms with Crippen molar-refractivity contribution in [3.8, 4) is 0 Å². The Kier molecular flexibility index (Phi) is 1.94. The highest BCUT2D eigenvalue weighted by Gasteiger charge is 2.22. The van der Waals surface area contributed by atoms with Crippen LogP contribution in [0.15, 0.2) is 24.4 Å². The average Bonchev–Trinajstić information content (AvgIpc) is 2.85. The topological polar surface area (TPSA) is 30.2 Å². The normalized spacial score (nSPS) is 21.9. The number of pyridine rings is 1. The van der Waals surface area contributed by atoms with Crippen LogP contribution >= 0.6 is 11.8 Å². The van der Waals surface area contributed by atoms with Crippen molar-refractivity contribution in [1.82, 2.24) is 14.6 Å². The summed E-state index contributed by atoms with van der Waals surface area (Å²) < 4.78 is 2.11. The van der Waals surface area contributed by atoms with E-state index in [0.717, 1.165) is 11.5 Å². The molecule has 0 saturated carbocycles. The third-order valence-electron chi connectivity index (χ3n) is 2.63. The Morgan fingerprint density at radius 2 is 2.36 bits per heavy atom. The van der Waals surface area contributed by atoms with Gasteiger partial charge in [-0.05, 0) is 24.3 Å². The molecular weight excluding hydrogens is 194 g/mol. The molecule has 2 aromatic heterocycles.